The maximum Gasteiger partial charge on any atom is 0.443 e. The van der Waals surface area contributed by atoms with Crippen molar-refractivity contribution in [1.29, 1.82) is 0 Å². The van der Waals surface area contributed by atoms with Gasteiger partial charge in [-0.3, -0.25) is 0 Å². The molecule has 1 aromatic rings. The van der Waals surface area contributed by atoms with E-state index in [1.807, 2.05) is 5.32 Å². The molecular formula is C7H4F6N2S2. The van der Waals surface area contributed by atoms with Gasteiger partial charge in [0.1, 0.15) is 0 Å². The summed E-state index contributed by atoms with van der Waals surface area (Å²) in [5.74, 6) is 0. The average molecular weight is 294 g/mol. The van der Waals surface area contributed by atoms with Crippen LogP contribution in [-0.2, 0) is 12.7 Å². The summed E-state index contributed by atoms with van der Waals surface area (Å²) in [7, 11) is 0. The standard InChI is InChI=1S/C7H4F6N2S2/c8-6(9,10)4(16)14-1-3-2-15-5(17-3)7(11,12)13/h2H,1H2,(H,14,16). The van der Waals surface area contributed by atoms with E-state index in [9.17, 15) is 26.3 Å². The van der Waals surface area contributed by atoms with Crippen molar-refractivity contribution in [2.45, 2.75) is 18.9 Å². The predicted octanol–water partition coefficient (Wildman–Crippen LogP) is 3.14. The fraction of sp³-hybridized carbons (Fsp3) is 0.429. The molecule has 0 bridgehead atoms. The summed E-state index contributed by atoms with van der Waals surface area (Å²) in [6.07, 6.45) is -8.42. The van der Waals surface area contributed by atoms with Gasteiger partial charge >= 0.3 is 12.4 Å². The lowest BCUT2D eigenvalue weighted by atomic mass is 10.5. The number of thiazole rings is 1. The Morgan fingerprint density at radius 2 is 1.88 bits per heavy atom. The molecule has 1 N–H and O–H groups in total. The number of halogens is 6. The molecule has 1 heterocycles. The minimum Gasteiger partial charge on any atom is -0.367 e. The third kappa shape index (κ3) is 4.11. The van der Waals surface area contributed by atoms with Crippen LogP contribution in [0.1, 0.15) is 9.88 Å². The predicted molar refractivity (Wildman–Crippen MR) is 52.6 cm³/mol. The second-order valence-corrected chi connectivity index (χ2v) is 4.33. The van der Waals surface area contributed by atoms with E-state index >= 15 is 0 Å². The maximum absolute atomic E-state index is 12.1. The number of thiocarbonyl (C=S) groups is 1. The van der Waals surface area contributed by atoms with E-state index in [1.165, 1.54) is 0 Å². The van der Waals surface area contributed by atoms with Crippen LogP contribution in [0.5, 0.6) is 0 Å². The number of nitrogens with zero attached hydrogens (tertiary/aromatic N) is 1. The van der Waals surface area contributed by atoms with Gasteiger partial charge in [0, 0.05) is 11.1 Å². The van der Waals surface area contributed by atoms with Crippen molar-refractivity contribution in [3.8, 4) is 0 Å². The highest BCUT2D eigenvalue weighted by atomic mass is 32.1. The van der Waals surface area contributed by atoms with Crippen molar-refractivity contribution in [1.82, 2.24) is 10.3 Å². The molecule has 0 spiro atoms. The molecule has 0 fully saturated rings. The zero-order valence-electron chi connectivity index (χ0n) is 7.82. The Morgan fingerprint density at radius 3 is 2.29 bits per heavy atom. The lowest BCUT2D eigenvalue weighted by Gasteiger charge is -2.09. The average Bonchev–Trinajstić information content (AvgIpc) is 2.59. The topological polar surface area (TPSA) is 24.9 Å². The van der Waals surface area contributed by atoms with Gasteiger partial charge in [-0.2, -0.15) is 26.3 Å². The first kappa shape index (κ1) is 14.2. The minimum absolute atomic E-state index is 0.0175. The van der Waals surface area contributed by atoms with Gasteiger partial charge in [0.15, 0.2) is 10.00 Å². The summed E-state index contributed by atoms with van der Waals surface area (Å²) in [6, 6.07) is 0. The summed E-state index contributed by atoms with van der Waals surface area (Å²) in [5, 5.41) is 0.709. The number of rotatable bonds is 2. The molecule has 0 aliphatic heterocycles. The van der Waals surface area contributed by atoms with Gasteiger partial charge in [0.2, 0.25) is 0 Å². The summed E-state index contributed by atoms with van der Waals surface area (Å²) in [6.45, 7) is -0.438. The van der Waals surface area contributed by atoms with Gasteiger partial charge in [-0.25, -0.2) is 4.98 Å². The Balaban J connectivity index is 2.60. The number of nitrogens with one attached hydrogen (secondary N) is 1. The number of alkyl halides is 6. The number of hydrogen-bond acceptors (Lipinski definition) is 3. The number of aromatic nitrogens is 1. The highest BCUT2D eigenvalue weighted by Crippen LogP contribution is 2.32. The van der Waals surface area contributed by atoms with Gasteiger partial charge < -0.3 is 5.32 Å². The molecular weight excluding hydrogens is 290 g/mol. The molecule has 0 amide bonds. The van der Waals surface area contributed by atoms with E-state index in [4.69, 9.17) is 0 Å². The van der Waals surface area contributed by atoms with Crippen molar-refractivity contribution in [2.75, 3.05) is 0 Å². The molecule has 1 rings (SSSR count). The summed E-state index contributed by atoms with van der Waals surface area (Å²) < 4.78 is 72.2. The highest BCUT2D eigenvalue weighted by Gasteiger charge is 2.36. The molecule has 0 radical (unpaired) electrons. The molecule has 96 valence electrons. The van der Waals surface area contributed by atoms with Crippen LogP contribution in [0, 0.1) is 0 Å². The third-order valence-electron chi connectivity index (χ3n) is 1.48. The van der Waals surface area contributed by atoms with Crippen LogP contribution in [0.15, 0.2) is 6.20 Å². The van der Waals surface area contributed by atoms with Crippen LogP contribution < -0.4 is 5.32 Å². The van der Waals surface area contributed by atoms with Crippen LogP contribution in [-0.4, -0.2) is 16.1 Å². The molecule has 0 unspecified atom stereocenters. The molecule has 0 saturated heterocycles. The van der Waals surface area contributed by atoms with Crippen LogP contribution in [0.25, 0.3) is 0 Å². The van der Waals surface area contributed by atoms with E-state index in [2.05, 4.69) is 17.2 Å². The number of hydrogen-bond donors (Lipinski definition) is 1. The SMILES string of the molecule is FC(F)(F)C(=S)NCc1cnc(C(F)(F)F)s1. The van der Waals surface area contributed by atoms with E-state index in [-0.39, 0.29) is 16.2 Å². The second kappa shape index (κ2) is 4.77. The van der Waals surface area contributed by atoms with Crippen molar-refractivity contribution in [2.24, 2.45) is 0 Å². The lowest BCUT2D eigenvalue weighted by Crippen LogP contribution is -2.34. The molecule has 1 aromatic heterocycles. The van der Waals surface area contributed by atoms with Gasteiger partial charge in [-0.05, 0) is 0 Å². The molecule has 0 atom stereocenters. The summed E-state index contributed by atoms with van der Waals surface area (Å²) >= 11 is 4.26. The van der Waals surface area contributed by atoms with Crippen LogP contribution in [0.4, 0.5) is 26.3 Å². The van der Waals surface area contributed by atoms with Crippen LogP contribution in [0.3, 0.4) is 0 Å². The smallest absolute Gasteiger partial charge is 0.367 e. The van der Waals surface area contributed by atoms with Crippen molar-refractivity contribution in [3.05, 3.63) is 16.1 Å². The van der Waals surface area contributed by atoms with E-state index in [0.717, 1.165) is 6.20 Å². The monoisotopic (exact) mass is 294 g/mol. The van der Waals surface area contributed by atoms with Crippen molar-refractivity contribution < 1.29 is 26.3 Å². The Kier molecular flexibility index (Phi) is 3.97. The molecule has 10 heteroatoms. The fourth-order valence-corrected chi connectivity index (χ4v) is 1.58. The normalized spacial score (nSPS) is 12.6. The Morgan fingerprint density at radius 1 is 1.29 bits per heavy atom. The Labute approximate surface area is 101 Å². The van der Waals surface area contributed by atoms with Gasteiger partial charge in [-0.15, -0.1) is 11.3 Å². The molecule has 2 nitrogen and oxygen atoms in total. The first-order valence-electron chi connectivity index (χ1n) is 3.97. The van der Waals surface area contributed by atoms with Gasteiger partial charge in [0.05, 0.1) is 6.54 Å². The Hall–Kier alpha value is -0.900. The first-order valence-corrected chi connectivity index (χ1v) is 5.20. The van der Waals surface area contributed by atoms with Crippen molar-refractivity contribution >= 4 is 28.5 Å². The van der Waals surface area contributed by atoms with Gasteiger partial charge in [-0.1, -0.05) is 12.2 Å². The highest BCUT2D eigenvalue weighted by molar-refractivity contribution is 7.80. The molecule has 17 heavy (non-hydrogen) atoms. The zero-order chi connectivity index (χ0) is 13.3. The van der Waals surface area contributed by atoms with Crippen molar-refractivity contribution in [3.63, 3.8) is 0 Å². The molecule has 0 aliphatic carbocycles. The maximum atomic E-state index is 12.1. The minimum atomic E-state index is -4.69. The van der Waals surface area contributed by atoms with E-state index in [1.54, 1.807) is 0 Å². The van der Waals surface area contributed by atoms with E-state index < -0.39 is 28.9 Å². The largest absolute Gasteiger partial charge is 0.443 e. The molecule has 0 saturated carbocycles. The van der Waals surface area contributed by atoms with Crippen LogP contribution in [0.2, 0.25) is 0 Å². The Bertz CT molecular complexity index is 407. The summed E-state index contributed by atoms with van der Waals surface area (Å²) in [5.41, 5.74) is 0. The third-order valence-corrected chi connectivity index (χ3v) is 2.89. The van der Waals surface area contributed by atoms with Gasteiger partial charge in [0.25, 0.3) is 0 Å². The molecule has 0 aliphatic rings. The van der Waals surface area contributed by atoms with E-state index in [0.29, 0.717) is 0 Å². The fourth-order valence-electron chi connectivity index (χ4n) is 0.788. The second-order valence-electron chi connectivity index (χ2n) is 2.81. The molecule has 0 aromatic carbocycles. The lowest BCUT2D eigenvalue weighted by molar-refractivity contribution is -0.137. The quantitative estimate of drug-likeness (QED) is 0.670. The first-order chi connectivity index (χ1) is 7.60. The summed E-state index contributed by atoms with van der Waals surface area (Å²) in [4.78, 5) is 1.70. The zero-order valence-corrected chi connectivity index (χ0v) is 9.45. The van der Waals surface area contributed by atoms with Crippen LogP contribution >= 0.6 is 23.6 Å².